The summed E-state index contributed by atoms with van der Waals surface area (Å²) in [6, 6.07) is 19.9. The zero-order valence-electron chi connectivity index (χ0n) is 22.9. The van der Waals surface area contributed by atoms with Gasteiger partial charge in [0.05, 0.1) is 24.9 Å². The number of hydrogen-bond donors (Lipinski definition) is 2. The molecule has 2 aliphatic heterocycles. The predicted molar refractivity (Wildman–Crippen MR) is 154 cm³/mol. The van der Waals surface area contributed by atoms with Crippen LogP contribution < -0.4 is 18.9 Å². The van der Waals surface area contributed by atoms with E-state index >= 15 is 0 Å². The van der Waals surface area contributed by atoms with E-state index in [1.54, 1.807) is 31.6 Å². The topological polar surface area (TPSA) is 97.3 Å². The Morgan fingerprint density at radius 1 is 1.02 bits per heavy atom. The first kappa shape index (κ1) is 28.2. The van der Waals surface area contributed by atoms with Gasteiger partial charge in [-0.3, -0.25) is 0 Å². The number of fused-ring (bicyclic) bond motifs is 1. The van der Waals surface area contributed by atoms with E-state index in [1.165, 1.54) is 0 Å². The van der Waals surface area contributed by atoms with E-state index < -0.39 is 16.1 Å². The van der Waals surface area contributed by atoms with Crippen molar-refractivity contribution in [2.24, 2.45) is 0 Å². The van der Waals surface area contributed by atoms with Gasteiger partial charge in [-0.25, -0.2) is 13.1 Å². The summed E-state index contributed by atoms with van der Waals surface area (Å²) in [4.78, 5) is 2.67. The highest BCUT2D eigenvalue weighted by atomic mass is 32.2. The fourth-order valence-corrected chi connectivity index (χ4v) is 6.53. The van der Waals surface area contributed by atoms with Crippen LogP contribution in [0.5, 0.6) is 17.2 Å². The van der Waals surface area contributed by atoms with Crippen LogP contribution in [-0.2, 0) is 10.0 Å². The van der Waals surface area contributed by atoms with Crippen molar-refractivity contribution >= 4 is 15.6 Å². The molecule has 2 heterocycles. The summed E-state index contributed by atoms with van der Waals surface area (Å²) < 4.78 is 45.3. The Kier molecular flexibility index (Phi) is 8.75. The van der Waals surface area contributed by atoms with E-state index in [0.29, 0.717) is 34.1 Å². The summed E-state index contributed by atoms with van der Waals surface area (Å²) in [7, 11) is -1.89. The molecule has 1 unspecified atom stereocenters. The number of rotatable bonds is 10. The van der Waals surface area contributed by atoms with E-state index in [-0.39, 0.29) is 6.04 Å². The number of nitrogens with one attached hydrogen (secondary N) is 1. The van der Waals surface area contributed by atoms with Crippen LogP contribution in [-0.4, -0.2) is 57.8 Å². The molecule has 2 aliphatic rings. The quantitative estimate of drug-likeness (QED) is 0.345. The minimum atomic E-state index is -3.50. The third-order valence-corrected chi connectivity index (χ3v) is 8.93. The molecule has 5 rings (SSSR count). The van der Waals surface area contributed by atoms with Gasteiger partial charge in [0.1, 0.15) is 23.4 Å². The Morgan fingerprint density at radius 2 is 1.77 bits per heavy atom. The molecule has 0 spiro atoms. The number of sulfonamides is 1. The molecular formula is C31H36N2O6S. The minimum Gasteiger partial charge on any atom is -0.497 e. The molecule has 2 N–H and O–H groups in total. The summed E-state index contributed by atoms with van der Waals surface area (Å²) in [5.41, 5.74) is 3.18. The van der Waals surface area contributed by atoms with Crippen molar-refractivity contribution in [3.63, 3.8) is 0 Å². The SMILES string of the molecule is COc1ccc(C2=COc3cc(OCCCN4CCC(NS(=O)(=O)c5cccc(C)c5)CC4)ccc3C2O)cc1. The molecule has 0 amide bonds. The average molecular weight is 565 g/mol. The summed E-state index contributed by atoms with van der Waals surface area (Å²) in [5.74, 6) is 2.03. The number of benzene rings is 3. The van der Waals surface area contributed by atoms with Gasteiger partial charge in [-0.15, -0.1) is 0 Å². The van der Waals surface area contributed by atoms with Gasteiger partial charge in [0, 0.05) is 29.8 Å². The largest absolute Gasteiger partial charge is 0.497 e. The first-order valence-corrected chi connectivity index (χ1v) is 15.1. The van der Waals surface area contributed by atoms with Crippen molar-refractivity contribution in [1.82, 2.24) is 9.62 Å². The van der Waals surface area contributed by atoms with E-state index in [0.717, 1.165) is 55.8 Å². The Bertz CT molecular complexity index is 1450. The predicted octanol–water partition coefficient (Wildman–Crippen LogP) is 4.68. The van der Waals surface area contributed by atoms with Crippen LogP contribution in [0.1, 0.15) is 42.1 Å². The maximum absolute atomic E-state index is 12.7. The molecule has 9 heteroatoms. The number of aryl methyl sites for hydroxylation is 1. The van der Waals surface area contributed by atoms with Crippen LogP contribution in [0.15, 0.2) is 77.9 Å². The van der Waals surface area contributed by atoms with E-state index in [1.807, 2.05) is 55.5 Å². The third-order valence-electron chi connectivity index (χ3n) is 7.41. The van der Waals surface area contributed by atoms with Crippen LogP contribution in [0.2, 0.25) is 0 Å². The maximum Gasteiger partial charge on any atom is 0.240 e. The van der Waals surface area contributed by atoms with Gasteiger partial charge in [-0.2, -0.15) is 0 Å². The highest BCUT2D eigenvalue weighted by Gasteiger charge is 2.26. The van der Waals surface area contributed by atoms with Gasteiger partial charge in [0.15, 0.2) is 0 Å². The zero-order valence-corrected chi connectivity index (χ0v) is 23.7. The molecule has 40 heavy (non-hydrogen) atoms. The highest BCUT2D eigenvalue weighted by Crippen LogP contribution is 2.41. The average Bonchev–Trinajstić information content (AvgIpc) is 2.96. The zero-order chi connectivity index (χ0) is 28.1. The first-order chi connectivity index (χ1) is 19.3. The number of nitrogens with zero attached hydrogens (tertiary/aromatic N) is 1. The lowest BCUT2D eigenvalue weighted by molar-refractivity contribution is 0.189. The number of methoxy groups -OCH3 is 1. The molecule has 3 aromatic carbocycles. The van der Waals surface area contributed by atoms with Crippen molar-refractivity contribution in [2.75, 3.05) is 33.4 Å². The van der Waals surface area contributed by atoms with E-state index in [9.17, 15) is 13.5 Å². The summed E-state index contributed by atoms with van der Waals surface area (Å²) in [6.07, 6.45) is 3.20. The third kappa shape index (κ3) is 6.67. The standard InChI is InChI=1S/C31H36N2O6S/c1-22-5-3-6-27(19-22)40(35,36)32-24-13-16-33(17-14-24)15-4-18-38-26-11-12-28-30(20-26)39-21-29(31(28)34)23-7-9-25(37-2)10-8-23/h3,5-12,19-21,24,31-32,34H,4,13-18H2,1-2H3. The fraction of sp³-hybridized carbons (Fsp3) is 0.355. The number of aliphatic hydroxyl groups is 1. The van der Waals surface area contributed by atoms with Crippen molar-refractivity contribution in [2.45, 2.75) is 43.2 Å². The summed E-state index contributed by atoms with van der Waals surface area (Å²) in [6.45, 7) is 5.00. The van der Waals surface area contributed by atoms with Crippen molar-refractivity contribution in [3.05, 3.63) is 89.7 Å². The Hall–Kier alpha value is -3.37. The highest BCUT2D eigenvalue weighted by molar-refractivity contribution is 7.89. The Morgan fingerprint density at radius 3 is 2.50 bits per heavy atom. The number of ether oxygens (including phenoxy) is 3. The molecule has 1 fully saturated rings. The number of hydrogen-bond acceptors (Lipinski definition) is 7. The lowest BCUT2D eigenvalue weighted by Crippen LogP contribution is -2.44. The van der Waals surface area contributed by atoms with Crippen LogP contribution in [0.25, 0.3) is 5.57 Å². The van der Waals surface area contributed by atoms with Crippen LogP contribution >= 0.6 is 0 Å². The van der Waals surface area contributed by atoms with Gasteiger partial charge < -0.3 is 24.2 Å². The van der Waals surface area contributed by atoms with Gasteiger partial charge in [0.2, 0.25) is 10.0 Å². The van der Waals surface area contributed by atoms with Gasteiger partial charge >= 0.3 is 0 Å². The van der Waals surface area contributed by atoms with Crippen molar-refractivity contribution in [3.8, 4) is 17.2 Å². The Balaban J connectivity index is 1.06. The van der Waals surface area contributed by atoms with E-state index in [4.69, 9.17) is 14.2 Å². The molecule has 0 bridgehead atoms. The van der Waals surface area contributed by atoms with Crippen molar-refractivity contribution in [1.29, 1.82) is 0 Å². The number of likely N-dealkylation sites (tertiary alicyclic amines) is 1. The molecule has 0 radical (unpaired) electrons. The van der Waals surface area contributed by atoms with Crippen molar-refractivity contribution < 1.29 is 27.7 Å². The maximum atomic E-state index is 12.7. The van der Waals surface area contributed by atoms with Crippen LogP contribution in [0.3, 0.4) is 0 Å². The van der Waals surface area contributed by atoms with Crippen LogP contribution in [0, 0.1) is 6.92 Å². The lowest BCUT2D eigenvalue weighted by atomic mass is 9.94. The van der Waals surface area contributed by atoms with Crippen LogP contribution in [0.4, 0.5) is 0 Å². The molecule has 0 saturated carbocycles. The fourth-order valence-electron chi connectivity index (χ4n) is 5.12. The number of piperidine rings is 1. The molecule has 8 nitrogen and oxygen atoms in total. The molecule has 212 valence electrons. The molecule has 1 atom stereocenters. The minimum absolute atomic E-state index is 0.0526. The Labute approximate surface area is 236 Å². The number of aliphatic hydroxyl groups excluding tert-OH is 1. The van der Waals surface area contributed by atoms with E-state index in [2.05, 4.69) is 9.62 Å². The molecular weight excluding hydrogens is 528 g/mol. The van der Waals surface area contributed by atoms with Gasteiger partial charge in [-0.05, 0) is 86.8 Å². The molecule has 0 aliphatic carbocycles. The second-order valence-electron chi connectivity index (χ2n) is 10.3. The monoisotopic (exact) mass is 564 g/mol. The first-order valence-electron chi connectivity index (χ1n) is 13.6. The van der Waals surface area contributed by atoms with Gasteiger partial charge in [-0.1, -0.05) is 24.3 Å². The molecule has 0 aromatic heterocycles. The smallest absolute Gasteiger partial charge is 0.240 e. The van der Waals surface area contributed by atoms with Gasteiger partial charge in [0.25, 0.3) is 0 Å². The normalized spacial score (nSPS) is 18.0. The lowest BCUT2D eigenvalue weighted by Gasteiger charge is -2.32. The molecule has 1 saturated heterocycles. The second-order valence-corrected chi connectivity index (χ2v) is 12.0. The molecule has 3 aromatic rings. The summed E-state index contributed by atoms with van der Waals surface area (Å²) in [5, 5.41) is 10.9. The second kappa shape index (κ2) is 12.4. The summed E-state index contributed by atoms with van der Waals surface area (Å²) >= 11 is 0.